The van der Waals surface area contributed by atoms with Crippen LogP contribution in [0.1, 0.15) is 24.7 Å². The summed E-state index contributed by atoms with van der Waals surface area (Å²) in [6, 6.07) is 13.5. The summed E-state index contributed by atoms with van der Waals surface area (Å²) in [5.41, 5.74) is 0.915. The predicted molar refractivity (Wildman–Crippen MR) is 98.1 cm³/mol. The standard InChI is InChI=1S/C20H20FN3O2/c1-13(11-19(25)22-12-14-6-2-4-8-16(14)21)10-18-23-17-9-5-3-7-15(17)20(26)24-18/h2-9,13H,10-12H2,1H3,(H,22,25)(H,23,24,26)/t13-/m0/s1. The summed E-state index contributed by atoms with van der Waals surface area (Å²) in [7, 11) is 0. The van der Waals surface area contributed by atoms with Crippen molar-refractivity contribution in [2.45, 2.75) is 26.3 Å². The Morgan fingerprint density at radius 1 is 1.19 bits per heavy atom. The molecule has 134 valence electrons. The van der Waals surface area contributed by atoms with Gasteiger partial charge in [0.1, 0.15) is 11.6 Å². The van der Waals surface area contributed by atoms with Crippen LogP contribution >= 0.6 is 0 Å². The van der Waals surface area contributed by atoms with Gasteiger partial charge >= 0.3 is 0 Å². The number of fused-ring (bicyclic) bond motifs is 1. The molecule has 3 rings (SSSR count). The van der Waals surface area contributed by atoms with E-state index >= 15 is 0 Å². The molecule has 0 aliphatic rings. The first-order valence-corrected chi connectivity index (χ1v) is 8.51. The Hall–Kier alpha value is -3.02. The highest BCUT2D eigenvalue weighted by Crippen LogP contribution is 2.12. The van der Waals surface area contributed by atoms with Crippen molar-refractivity contribution < 1.29 is 9.18 Å². The summed E-state index contributed by atoms with van der Waals surface area (Å²) in [5, 5.41) is 3.27. The number of carbonyl (C=O) groups is 1. The SMILES string of the molecule is C[C@H](CC(=O)NCc1ccccc1F)Cc1nc2ccccc2c(=O)[nH]1. The first-order valence-electron chi connectivity index (χ1n) is 8.51. The number of H-pyrrole nitrogens is 1. The average molecular weight is 353 g/mol. The third kappa shape index (κ3) is 4.33. The lowest BCUT2D eigenvalue weighted by Gasteiger charge is -2.12. The lowest BCUT2D eigenvalue weighted by atomic mass is 10.0. The zero-order valence-electron chi connectivity index (χ0n) is 14.5. The van der Waals surface area contributed by atoms with Crippen LogP contribution in [0.4, 0.5) is 4.39 Å². The van der Waals surface area contributed by atoms with Crippen LogP contribution in [0.15, 0.2) is 53.3 Å². The van der Waals surface area contributed by atoms with Crippen LogP contribution in [-0.2, 0) is 17.8 Å². The number of hydrogen-bond donors (Lipinski definition) is 2. The summed E-state index contributed by atoms with van der Waals surface area (Å²) < 4.78 is 13.6. The molecule has 26 heavy (non-hydrogen) atoms. The van der Waals surface area contributed by atoms with Crippen molar-refractivity contribution in [2.75, 3.05) is 0 Å². The molecule has 3 aromatic rings. The van der Waals surface area contributed by atoms with E-state index in [4.69, 9.17) is 0 Å². The minimum Gasteiger partial charge on any atom is -0.352 e. The van der Waals surface area contributed by atoms with Crippen LogP contribution in [0.3, 0.4) is 0 Å². The van der Waals surface area contributed by atoms with Gasteiger partial charge in [-0.25, -0.2) is 9.37 Å². The molecular formula is C20H20FN3O2. The van der Waals surface area contributed by atoms with Gasteiger partial charge in [0, 0.05) is 24.9 Å². The van der Waals surface area contributed by atoms with Crippen LogP contribution < -0.4 is 10.9 Å². The van der Waals surface area contributed by atoms with Crippen LogP contribution in [0.25, 0.3) is 10.9 Å². The molecule has 1 aromatic heterocycles. The molecular weight excluding hydrogens is 333 g/mol. The smallest absolute Gasteiger partial charge is 0.258 e. The van der Waals surface area contributed by atoms with Crippen molar-refractivity contribution in [2.24, 2.45) is 5.92 Å². The summed E-state index contributed by atoms with van der Waals surface area (Å²) in [4.78, 5) is 31.4. The van der Waals surface area contributed by atoms with Gasteiger partial charge in [-0.1, -0.05) is 37.3 Å². The van der Waals surface area contributed by atoms with Gasteiger partial charge in [-0.15, -0.1) is 0 Å². The van der Waals surface area contributed by atoms with E-state index < -0.39 is 0 Å². The first-order chi connectivity index (χ1) is 12.5. The minimum absolute atomic E-state index is 0.0140. The Bertz CT molecular complexity index is 984. The van der Waals surface area contributed by atoms with Gasteiger partial charge in [-0.2, -0.15) is 0 Å². The topological polar surface area (TPSA) is 74.8 Å². The fourth-order valence-corrected chi connectivity index (χ4v) is 2.86. The highest BCUT2D eigenvalue weighted by Gasteiger charge is 2.13. The largest absolute Gasteiger partial charge is 0.352 e. The number of para-hydroxylation sites is 1. The second kappa shape index (κ2) is 7.91. The van der Waals surface area contributed by atoms with Crippen molar-refractivity contribution in [3.8, 4) is 0 Å². The molecule has 0 spiro atoms. The average Bonchev–Trinajstić information content (AvgIpc) is 2.61. The second-order valence-electron chi connectivity index (χ2n) is 6.41. The summed E-state index contributed by atoms with van der Waals surface area (Å²) in [5.74, 6) is 0.0470. The Morgan fingerprint density at radius 2 is 1.92 bits per heavy atom. The van der Waals surface area contributed by atoms with E-state index in [9.17, 15) is 14.0 Å². The van der Waals surface area contributed by atoms with Gasteiger partial charge in [0.05, 0.1) is 10.9 Å². The number of nitrogens with zero attached hydrogens (tertiary/aromatic N) is 1. The maximum atomic E-state index is 13.6. The highest BCUT2D eigenvalue weighted by atomic mass is 19.1. The molecule has 0 saturated carbocycles. The second-order valence-corrected chi connectivity index (χ2v) is 6.41. The predicted octanol–water partition coefficient (Wildman–Crippen LogP) is 2.95. The van der Waals surface area contributed by atoms with E-state index in [1.165, 1.54) is 6.07 Å². The number of aromatic amines is 1. The number of carbonyl (C=O) groups excluding carboxylic acids is 1. The fraction of sp³-hybridized carbons (Fsp3) is 0.250. The number of amides is 1. The number of halogens is 1. The van der Waals surface area contributed by atoms with Gasteiger partial charge in [-0.05, 0) is 24.1 Å². The molecule has 0 aliphatic heterocycles. The van der Waals surface area contributed by atoms with Gasteiger partial charge in [0.2, 0.25) is 5.91 Å². The van der Waals surface area contributed by atoms with Gasteiger partial charge < -0.3 is 10.3 Å². The van der Waals surface area contributed by atoms with Gasteiger partial charge in [-0.3, -0.25) is 9.59 Å². The maximum absolute atomic E-state index is 13.6. The molecule has 0 bridgehead atoms. The van der Waals surface area contributed by atoms with E-state index in [1.54, 1.807) is 36.4 Å². The summed E-state index contributed by atoms with van der Waals surface area (Å²) in [6.45, 7) is 2.07. The number of aromatic nitrogens is 2. The van der Waals surface area contributed by atoms with Crippen LogP contribution in [0, 0.1) is 11.7 Å². The number of rotatable bonds is 6. The van der Waals surface area contributed by atoms with E-state index in [2.05, 4.69) is 15.3 Å². The highest BCUT2D eigenvalue weighted by molar-refractivity contribution is 5.77. The van der Waals surface area contributed by atoms with E-state index in [0.29, 0.717) is 28.7 Å². The first kappa shape index (κ1) is 17.8. The van der Waals surface area contributed by atoms with Crippen molar-refractivity contribution in [1.29, 1.82) is 0 Å². The molecule has 1 atom stereocenters. The van der Waals surface area contributed by atoms with E-state index in [0.717, 1.165) is 0 Å². The molecule has 2 N–H and O–H groups in total. The Kier molecular flexibility index (Phi) is 5.41. The van der Waals surface area contributed by atoms with E-state index in [-0.39, 0.29) is 36.2 Å². The molecule has 5 nitrogen and oxygen atoms in total. The summed E-state index contributed by atoms with van der Waals surface area (Å²) in [6.07, 6.45) is 0.748. The fourth-order valence-electron chi connectivity index (χ4n) is 2.86. The molecule has 0 unspecified atom stereocenters. The molecule has 1 amide bonds. The van der Waals surface area contributed by atoms with Crippen LogP contribution in [0.2, 0.25) is 0 Å². The lowest BCUT2D eigenvalue weighted by molar-refractivity contribution is -0.122. The molecule has 0 saturated heterocycles. The van der Waals surface area contributed by atoms with E-state index in [1.807, 2.05) is 13.0 Å². The van der Waals surface area contributed by atoms with Gasteiger partial charge in [0.15, 0.2) is 0 Å². The number of nitrogens with one attached hydrogen (secondary N) is 2. The van der Waals surface area contributed by atoms with Crippen molar-refractivity contribution in [3.05, 3.63) is 76.1 Å². The van der Waals surface area contributed by atoms with Crippen molar-refractivity contribution in [3.63, 3.8) is 0 Å². The molecule has 0 aliphatic carbocycles. The zero-order chi connectivity index (χ0) is 18.5. The maximum Gasteiger partial charge on any atom is 0.258 e. The molecule has 1 heterocycles. The quantitative estimate of drug-likeness (QED) is 0.715. The minimum atomic E-state index is -0.334. The van der Waals surface area contributed by atoms with Gasteiger partial charge in [0.25, 0.3) is 5.56 Å². The molecule has 0 radical (unpaired) electrons. The number of hydrogen-bond acceptors (Lipinski definition) is 3. The third-order valence-electron chi connectivity index (χ3n) is 4.17. The molecule has 0 fully saturated rings. The monoisotopic (exact) mass is 353 g/mol. The Morgan fingerprint density at radius 3 is 2.73 bits per heavy atom. The lowest BCUT2D eigenvalue weighted by Crippen LogP contribution is -2.26. The zero-order valence-corrected chi connectivity index (χ0v) is 14.5. The van der Waals surface area contributed by atoms with Crippen molar-refractivity contribution >= 4 is 16.8 Å². The number of benzene rings is 2. The van der Waals surface area contributed by atoms with Crippen molar-refractivity contribution in [1.82, 2.24) is 15.3 Å². The molecule has 2 aromatic carbocycles. The molecule has 6 heteroatoms. The summed E-state index contributed by atoms with van der Waals surface area (Å²) >= 11 is 0. The Labute approximate surface area is 150 Å². The van der Waals surface area contributed by atoms with Crippen LogP contribution in [-0.4, -0.2) is 15.9 Å². The normalized spacial score (nSPS) is 12.1. The Balaban J connectivity index is 1.58. The third-order valence-corrected chi connectivity index (χ3v) is 4.17. The van der Waals surface area contributed by atoms with Crippen LogP contribution in [0.5, 0.6) is 0 Å².